The zero-order valence-electron chi connectivity index (χ0n) is 45.6. The van der Waals surface area contributed by atoms with Crippen molar-refractivity contribution in [3.05, 3.63) is 48.6 Å². The number of ether oxygens (including phenoxy) is 6. The third-order valence-electron chi connectivity index (χ3n) is 13.9. The second-order valence-electron chi connectivity index (χ2n) is 20.4. The summed E-state index contributed by atoms with van der Waals surface area (Å²) in [5, 5.41) is 72.3. The quantitative estimate of drug-likeness (QED) is 0.0172. The molecule has 11 atom stereocenters. The Bertz CT molecular complexity index is 1390. The van der Waals surface area contributed by atoms with Gasteiger partial charge in [-0.3, -0.25) is 4.79 Å². The average Bonchev–Trinajstić information content (AvgIpc) is 3.39. The molecule has 2 rings (SSSR count). The van der Waals surface area contributed by atoms with Crippen LogP contribution in [0.2, 0.25) is 0 Å². The van der Waals surface area contributed by atoms with E-state index in [0.29, 0.717) is 13.0 Å². The van der Waals surface area contributed by atoms with E-state index in [2.05, 4.69) is 62.5 Å². The minimum atomic E-state index is -1.71. The highest BCUT2D eigenvalue weighted by Gasteiger charge is 2.47. The lowest BCUT2D eigenvalue weighted by Gasteiger charge is -2.42. The summed E-state index contributed by atoms with van der Waals surface area (Å²) in [5.74, 6) is -0.382. The van der Waals surface area contributed by atoms with Crippen LogP contribution in [-0.2, 0) is 33.2 Å². The first kappa shape index (κ1) is 67.1. The summed E-state index contributed by atoms with van der Waals surface area (Å²) in [6.45, 7) is 3.60. The minimum absolute atomic E-state index is 0.0601. The molecule has 2 aliphatic heterocycles. The van der Waals surface area contributed by atoms with Crippen molar-refractivity contribution in [1.29, 1.82) is 0 Å². The first-order valence-electron chi connectivity index (χ1n) is 29.2. The Labute approximate surface area is 442 Å². The molecular weight excluding hydrogens is 933 g/mol. The van der Waals surface area contributed by atoms with Gasteiger partial charge in [0.25, 0.3) is 0 Å². The molecule has 11 unspecified atom stereocenters. The summed E-state index contributed by atoms with van der Waals surface area (Å²) in [4.78, 5) is 13.1. The average molecular weight is 1040 g/mol. The number of carbonyl (C=O) groups excluding carboxylic acids is 1. The SMILES string of the molecule is CC/C=C\C/C=C\C/C=C\C/C=C\CCCCCCCCCCC(=O)OC(COCCCCCCCCCCCCCCCCCCCC)COC1OC(COC2OC(CO)C(O)C(O)C2O)C(O)C(O)C1O. The molecule has 0 aliphatic carbocycles. The van der Waals surface area contributed by atoms with Crippen LogP contribution in [0.15, 0.2) is 48.6 Å². The second-order valence-corrected chi connectivity index (χ2v) is 20.4. The van der Waals surface area contributed by atoms with Gasteiger partial charge in [0.05, 0.1) is 26.4 Å². The molecule has 0 aromatic rings. The number of allylic oxidation sites excluding steroid dienone is 8. The monoisotopic (exact) mass is 1040 g/mol. The summed E-state index contributed by atoms with van der Waals surface area (Å²) in [5.41, 5.74) is 0. The topological polar surface area (TPSA) is 214 Å². The van der Waals surface area contributed by atoms with Crippen LogP contribution in [0.3, 0.4) is 0 Å². The molecule has 14 heteroatoms. The van der Waals surface area contributed by atoms with Crippen molar-refractivity contribution in [1.82, 2.24) is 0 Å². The molecule has 0 spiro atoms. The molecule has 2 aliphatic rings. The molecule has 0 aromatic heterocycles. The number of unbranched alkanes of at least 4 members (excludes halogenated alkanes) is 25. The fraction of sp³-hybridized carbons (Fsp3) is 0.847. The molecule has 0 saturated carbocycles. The van der Waals surface area contributed by atoms with Crippen LogP contribution in [-0.4, -0.2) is 142 Å². The van der Waals surface area contributed by atoms with Gasteiger partial charge < -0.3 is 64.2 Å². The molecule has 2 saturated heterocycles. The van der Waals surface area contributed by atoms with E-state index in [4.69, 9.17) is 28.4 Å². The Morgan fingerprint density at radius 1 is 0.466 bits per heavy atom. The van der Waals surface area contributed by atoms with E-state index in [0.717, 1.165) is 70.6 Å². The first-order chi connectivity index (χ1) is 35.6. The lowest BCUT2D eigenvalue weighted by atomic mass is 9.98. The molecule has 426 valence electrons. The molecule has 0 aromatic carbocycles. The summed E-state index contributed by atoms with van der Waals surface area (Å²) < 4.78 is 34.4. The lowest BCUT2D eigenvalue weighted by molar-refractivity contribution is -0.332. The summed E-state index contributed by atoms with van der Waals surface area (Å²) in [7, 11) is 0. The van der Waals surface area contributed by atoms with Crippen molar-refractivity contribution >= 4 is 5.97 Å². The van der Waals surface area contributed by atoms with Gasteiger partial charge in [0.2, 0.25) is 0 Å². The van der Waals surface area contributed by atoms with E-state index < -0.39 is 80.7 Å². The predicted octanol–water partition coefficient (Wildman–Crippen LogP) is 10.3. The van der Waals surface area contributed by atoms with Crippen LogP contribution in [0, 0.1) is 0 Å². The van der Waals surface area contributed by atoms with E-state index >= 15 is 0 Å². The Kier molecular flexibility index (Phi) is 42.3. The maximum absolute atomic E-state index is 13.1. The number of rotatable bonds is 47. The lowest BCUT2D eigenvalue weighted by Crippen LogP contribution is -2.61. The second kappa shape index (κ2) is 46.1. The fourth-order valence-corrected chi connectivity index (χ4v) is 9.16. The van der Waals surface area contributed by atoms with E-state index in [9.17, 15) is 40.5 Å². The molecule has 2 fully saturated rings. The van der Waals surface area contributed by atoms with Gasteiger partial charge in [-0.25, -0.2) is 0 Å². The number of aliphatic hydroxyl groups is 7. The highest BCUT2D eigenvalue weighted by atomic mass is 16.7. The van der Waals surface area contributed by atoms with Crippen LogP contribution in [0.5, 0.6) is 0 Å². The van der Waals surface area contributed by atoms with Gasteiger partial charge >= 0.3 is 5.97 Å². The maximum atomic E-state index is 13.1. The molecule has 0 amide bonds. The van der Waals surface area contributed by atoms with Crippen molar-refractivity contribution in [3.63, 3.8) is 0 Å². The predicted molar refractivity (Wildman–Crippen MR) is 289 cm³/mol. The molecule has 14 nitrogen and oxygen atoms in total. The zero-order chi connectivity index (χ0) is 53.0. The van der Waals surface area contributed by atoms with Gasteiger partial charge in [-0.15, -0.1) is 0 Å². The van der Waals surface area contributed by atoms with Gasteiger partial charge in [0, 0.05) is 13.0 Å². The normalized spacial score (nSPS) is 25.3. The Morgan fingerprint density at radius 2 is 0.890 bits per heavy atom. The van der Waals surface area contributed by atoms with E-state index in [-0.39, 0.29) is 25.6 Å². The summed E-state index contributed by atoms with van der Waals surface area (Å²) in [6.07, 6.45) is 38.8. The highest BCUT2D eigenvalue weighted by Crippen LogP contribution is 2.27. The van der Waals surface area contributed by atoms with E-state index in [1.54, 1.807) is 0 Å². The number of carbonyl (C=O) groups is 1. The maximum Gasteiger partial charge on any atom is 0.306 e. The number of hydrogen-bond donors (Lipinski definition) is 7. The molecule has 0 bridgehead atoms. The smallest absolute Gasteiger partial charge is 0.306 e. The van der Waals surface area contributed by atoms with Crippen LogP contribution in [0.25, 0.3) is 0 Å². The van der Waals surface area contributed by atoms with Gasteiger partial charge in [-0.1, -0.05) is 210 Å². The van der Waals surface area contributed by atoms with Gasteiger partial charge in [0.15, 0.2) is 12.6 Å². The first-order valence-corrected chi connectivity index (χ1v) is 29.2. The minimum Gasteiger partial charge on any atom is -0.457 e. The number of hydrogen-bond acceptors (Lipinski definition) is 14. The summed E-state index contributed by atoms with van der Waals surface area (Å²) >= 11 is 0. The van der Waals surface area contributed by atoms with Crippen LogP contribution in [0.4, 0.5) is 0 Å². The molecule has 7 N–H and O–H groups in total. The van der Waals surface area contributed by atoms with E-state index in [1.807, 2.05) is 0 Å². The molecule has 0 radical (unpaired) electrons. The molecule has 73 heavy (non-hydrogen) atoms. The standard InChI is InChI=1S/C59H106O14/c1-3-5-7-9-11-13-15-17-19-21-23-24-25-26-28-30-32-34-36-38-40-42-51(61)71-48(45-68-43-41-39-37-35-33-31-29-27-22-20-18-16-14-12-10-8-6-4-2)46-69-58-57(67)55(65)53(63)50(73-58)47-70-59-56(66)54(64)52(62)49(44-60)72-59/h5,7,11,13,17,19,23-24,48-50,52-60,62-67H,3-4,6,8-10,12,14-16,18,20-22,25-47H2,1-2H3/b7-5-,13-11-,19-17-,24-23-. The van der Waals surface area contributed by atoms with Crippen LogP contribution >= 0.6 is 0 Å². The van der Waals surface area contributed by atoms with Crippen molar-refractivity contribution in [2.24, 2.45) is 0 Å². The molecule has 2 heterocycles. The summed E-state index contributed by atoms with van der Waals surface area (Å²) in [6, 6.07) is 0. The third-order valence-corrected chi connectivity index (χ3v) is 13.9. The highest BCUT2D eigenvalue weighted by molar-refractivity contribution is 5.69. The van der Waals surface area contributed by atoms with Crippen molar-refractivity contribution in [3.8, 4) is 0 Å². The van der Waals surface area contributed by atoms with E-state index in [1.165, 1.54) is 122 Å². The van der Waals surface area contributed by atoms with Gasteiger partial charge in [-0.2, -0.15) is 0 Å². The van der Waals surface area contributed by atoms with Crippen LogP contribution in [0.1, 0.15) is 219 Å². The van der Waals surface area contributed by atoms with Gasteiger partial charge in [0.1, 0.15) is 54.9 Å². The third kappa shape index (κ3) is 33.0. The fourth-order valence-electron chi connectivity index (χ4n) is 9.16. The van der Waals surface area contributed by atoms with Gasteiger partial charge in [-0.05, 0) is 51.4 Å². The number of esters is 1. The Balaban J connectivity index is 1.72. The van der Waals surface area contributed by atoms with Crippen molar-refractivity contribution in [2.75, 3.05) is 33.0 Å². The largest absolute Gasteiger partial charge is 0.457 e. The molecular formula is C59H106O14. The van der Waals surface area contributed by atoms with Crippen molar-refractivity contribution < 1.29 is 69.0 Å². The van der Waals surface area contributed by atoms with Crippen molar-refractivity contribution in [2.45, 2.75) is 287 Å². The van der Waals surface area contributed by atoms with Crippen LogP contribution < -0.4 is 0 Å². The Hall–Kier alpha value is -2.05. The number of aliphatic hydroxyl groups excluding tert-OH is 7. The zero-order valence-corrected chi connectivity index (χ0v) is 45.6. The Morgan fingerprint density at radius 3 is 1.40 bits per heavy atom.